The Bertz CT molecular complexity index is 246. The molecule has 0 aliphatic carbocycles. The van der Waals surface area contributed by atoms with Gasteiger partial charge in [-0.05, 0) is 13.8 Å². The van der Waals surface area contributed by atoms with Crippen LogP contribution in [0.1, 0.15) is 13.8 Å². The highest BCUT2D eigenvalue weighted by atomic mass is 16.8. The fraction of sp³-hybridized carbons (Fsp3) is 1.00. The van der Waals surface area contributed by atoms with Crippen LogP contribution in [0.3, 0.4) is 0 Å². The third-order valence-corrected chi connectivity index (χ3v) is 2.88. The van der Waals surface area contributed by atoms with Crippen molar-refractivity contribution in [2.45, 2.75) is 50.3 Å². The van der Waals surface area contributed by atoms with E-state index in [9.17, 15) is 5.11 Å². The van der Waals surface area contributed by atoms with Crippen molar-refractivity contribution in [2.24, 2.45) is 0 Å². The Balaban J connectivity index is 1.88. The highest BCUT2D eigenvalue weighted by molar-refractivity contribution is 4.99. The van der Waals surface area contributed by atoms with Gasteiger partial charge in [0.15, 0.2) is 12.1 Å². The average molecular weight is 202 g/mol. The van der Waals surface area contributed by atoms with Gasteiger partial charge in [0.25, 0.3) is 0 Å². The van der Waals surface area contributed by atoms with Crippen molar-refractivity contribution in [1.29, 1.82) is 0 Å². The summed E-state index contributed by atoms with van der Waals surface area (Å²) in [5.74, 6) is -0.635. The molecule has 3 aliphatic heterocycles. The van der Waals surface area contributed by atoms with E-state index in [2.05, 4.69) is 0 Å². The monoisotopic (exact) mass is 202 g/mol. The van der Waals surface area contributed by atoms with Crippen LogP contribution < -0.4 is 0 Å². The Morgan fingerprint density at radius 3 is 2.71 bits per heavy atom. The molecule has 3 rings (SSSR count). The quantitative estimate of drug-likeness (QED) is 0.580. The molecule has 0 saturated carbocycles. The van der Waals surface area contributed by atoms with E-state index in [1.54, 1.807) is 0 Å². The van der Waals surface area contributed by atoms with Gasteiger partial charge in [-0.3, -0.25) is 0 Å². The fourth-order valence-corrected chi connectivity index (χ4v) is 2.32. The Morgan fingerprint density at radius 2 is 1.93 bits per heavy atom. The number of aliphatic hydroxyl groups excluding tert-OH is 1. The minimum absolute atomic E-state index is 0.102. The molecule has 1 N–H and O–H groups in total. The van der Waals surface area contributed by atoms with Crippen molar-refractivity contribution in [1.82, 2.24) is 0 Å². The van der Waals surface area contributed by atoms with E-state index in [1.165, 1.54) is 0 Å². The van der Waals surface area contributed by atoms with Gasteiger partial charge in [-0.1, -0.05) is 0 Å². The highest BCUT2D eigenvalue weighted by Crippen LogP contribution is 2.40. The largest absolute Gasteiger partial charge is 0.385 e. The molecule has 5 heteroatoms. The van der Waals surface area contributed by atoms with Gasteiger partial charge >= 0.3 is 0 Å². The normalized spacial score (nSPS) is 54.6. The predicted molar refractivity (Wildman–Crippen MR) is 44.4 cm³/mol. The van der Waals surface area contributed by atoms with Crippen molar-refractivity contribution >= 4 is 0 Å². The van der Waals surface area contributed by atoms with Crippen LogP contribution in [0.5, 0.6) is 0 Å². The zero-order chi connectivity index (χ0) is 9.92. The molecule has 0 amide bonds. The molecule has 5 atom stereocenters. The molecule has 0 aromatic rings. The van der Waals surface area contributed by atoms with E-state index in [0.717, 1.165) is 0 Å². The Labute approximate surface area is 81.9 Å². The number of hydrogen-bond acceptors (Lipinski definition) is 5. The number of aliphatic hydroxyl groups is 1. The minimum Gasteiger partial charge on any atom is -0.385 e. The number of ether oxygens (including phenoxy) is 4. The Kier molecular flexibility index (Phi) is 1.73. The summed E-state index contributed by atoms with van der Waals surface area (Å²) in [6.07, 6.45) is -1.93. The second-order valence-electron chi connectivity index (χ2n) is 4.43. The second-order valence-corrected chi connectivity index (χ2v) is 4.43. The second kappa shape index (κ2) is 2.68. The topological polar surface area (TPSA) is 57.2 Å². The third-order valence-electron chi connectivity index (χ3n) is 2.88. The lowest BCUT2D eigenvalue weighted by Gasteiger charge is -2.31. The summed E-state index contributed by atoms with van der Waals surface area (Å²) in [7, 11) is 0. The lowest BCUT2D eigenvalue weighted by Crippen LogP contribution is -2.52. The molecule has 14 heavy (non-hydrogen) atoms. The molecule has 3 fully saturated rings. The van der Waals surface area contributed by atoms with Crippen LogP contribution in [0.15, 0.2) is 0 Å². The first-order valence-corrected chi connectivity index (χ1v) is 4.88. The first-order valence-electron chi connectivity index (χ1n) is 4.88. The Morgan fingerprint density at radius 1 is 1.21 bits per heavy atom. The average Bonchev–Trinajstić information content (AvgIpc) is 2.64. The fourth-order valence-electron chi connectivity index (χ4n) is 2.32. The van der Waals surface area contributed by atoms with Crippen LogP contribution in [0.25, 0.3) is 0 Å². The van der Waals surface area contributed by atoms with Crippen molar-refractivity contribution in [3.63, 3.8) is 0 Å². The van der Waals surface area contributed by atoms with E-state index < -0.39 is 18.2 Å². The molecule has 5 nitrogen and oxygen atoms in total. The lowest BCUT2D eigenvalue weighted by molar-refractivity contribution is -0.204. The molecule has 0 radical (unpaired) electrons. The zero-order valence-corrected chi connectivity index (χ0v) is 8.17. The smallest absolute Gasteiger partial charge is 0.186 e. The molecule has 0 unspecified atom stereocenters. The van der Waals surface area contributed by atoms with Crippen molar-refractivity contribution in [2.75, 3.05) is 6.61 Å². The van der Waals surface area contributed by atoms with Crippen LogP contribution in [0.2, 0.25) is 0 Å². The van der Waals surface area contributed by atoms with Crippen molar-refractivity contribution < 1.29 is 24.1 Å². The van der Waals surface area contributed by atoms with Gasteiger partial charge in [-0.25, -0.2) is 0 Å². The van der Waals surface area contributed by atoms with Crippen LogP contribution >= 0.6 is 0 Å². The van der Waals surface area contributed by atoms with Crippen LogP contribution in [0.4, 0.5) is 0 Å². The van der Waals surface area contributed by atoms with Crippen LogP contribution in [0, 0.1) is 0 Å². The summed E-state index contributed by atoms with van der Waals surface area (Å²) in [6, 6.07) is 0. The molecule has 3 heterocycles. The molecule has 3 saturated heterocycles. The van der Waals surface area contributed by atoms with Gasteiger partial charge in [0, 0.05) is 0 Å². The maximum atomic E-state index is 9.84. The lowest BCUT2D eigenvalue weighted by atomic mass is 10.0. The number of hydrogen-bond donors (Lipinski definition) is 1. The first kappa shape index (κ1) is 9.06. The van der Waals surface area contributed by atoms with E-state index in [4.69, 9.17) is 18.9 Å². The van der Waals surface area contributed by atoms with E-state index >= 15 is 0 Å². The predicted octanol–water partition coefficient (Wildman–Crippen LogP) is -0.378. The van der Waals surface area contributed by atoms with Gasteiger partial charge in [-0.15, -0.1) is 0 Å². The van der Waals surface area contributed by atoms with Crippen LogP contribution in [-0.2, 0) is 18.9 Å². The summed E-state index contributed by atoms with van der Waals surface area (Å²) in [4.78, 5) is 0. The maximum absolute atomic E-state index is 9.84. The molecule has 0 aromatic heterocycles. The minimum atomic E-state index is -0.750. The summed E-state index contributed by atoms with van der Waals surface area (Å²) in [5.41, 5.74) is 0. The highest BCUT2D eigenvalue weighted by Gasteiger charge is 2.57. The first-order chi connectivity index (χ1) is 6.57. The summed E-state index contributed by atoms with van der Waals surface area (Å²) < 4.78 is 22.0. The van der Waals surface area contributed by atoms with Gasteiger partial charge in [0.1, 0.15) is 24.4 Å². The summed E-state index contributed by atoms with van der Waals surface area (Å²) in [5, 5.41) is 9.84. The molecule has 0 spiro atoms. The van der Waals surface area contributed by atoms with E-state index in [-0.39, 0.29) is 18.3 Å². The standard InChI is InChI=1S/C9H14O5/c1-9(2)13-6-4-3-11-8(12-4)5(10)7(6)14-9/h4-8,10H,3H2,1-2H3/t4-,5+,6+,7-,8-/m1/s1. The molecule has 3 aliphatic rings. The molecule has 0 aromatic carbocycles. The molecule has 80 valence electrons. The van der Waals surface area contributed by atoms with Crippen molar-refractivity contribution in [3.8, 4) is 0 Å². The van der Waals surface area contributed by atoms with Gasteiger partial charge in [0.2, 0.25) is 0 Å². The summed E-state index contributed by atoms with van der Waals surface area (Å²) >= 11 is 0. The maximum Gasteiger partial charge on any atom is 0.186 e. The Hall–Kier alpha value is -0.200. The van der Waals surface area contributed by atoms with Gasteiger partial charge in [0.05, 0.1) is 6.61 Å². The molecule has 2 bridgehead atoms. The van der Waals surface area contributed by atoms with Crippen molar-refractivity contribution in [3.05, 3.63) is 0 Å². The SMILES string of the molecule is CC1(C)O[C@@H]2[C@H](O)[C@@H]3OC[C@@H](O3)[C@@H]2O1. The summed E-state index contributed by atoms with van der Waals surface area (Å²) in [6.45, 7) is 4.15. The number of rotatable bonds is 0. The van der Waals surface area contributed by atoms with Gasteiger partial charge < -0.3 is 24.1 Å². The van der Waals surface area contributed by atoms with E-state index in [1.807, 2.05) is 13.8 Å². The zero-order valence-electron chi connectivity index (χ0n) is 8.17. The number of fused-ring (bicyclic) bond motifs is 4. The van der Waals surface area contributed by atoms with Gasteiger partial charge in [-0.2, -0.15) is 0 Å². The van der Waals surface area contributed by atoms with Crippen LogP contribution in [-0.4, -0.2) is 48.2 Å². The van der Waals surface area contributed by atoms with E-state index in [0.29, 0.717) is 6.61 Å². The molecular weight excluding hydrogens is 188 g/mol. The third kappa shape index (κ3) is 1.14. The molecular formula is C9H14O5.